The summed E-state index contributed by atoms with van der Waals surface area (Å²) in [6.45, 7) is 6.34. The fraction of sp³-hybridized carbons (Fsp3) is 0.150. The number of anilines is 2. The molecule has 3 aromatic heterocycles. The van der Waals surface area contributed by atoms with Crippen molar-refractivity contribution in [3.8, 4) is 10.6 Å². The molecule has 0 atom stereocenters. The first-order chi connectivity index (χ1) is 11.6. The Morgan fingerprint density at radius 2 is 1.83 bits per heavy atom. The summed E-state index contributed by atoms with van der Waals surface area (Å²) in [4.78, 5) is 7.37. The zero-order valence-electron chi connectivity index (χ0n) is 14.0. The molecule has 0 amide bonds. The Labute approximate surface area is 145 Å². The molecule has 0 fully saturated rings. The zero-order chi connectivity index (χ0) is 16.7. The quantitative estimate of drug-likeness (QED) is 0.518. The molecule has 0 saturated carbocycles. The molecule has 24 heavy (non-hydrogen) atoms. The van der Waals surface area contributed by atoms with Gasteiger partial charge in [0, 0.05) is 16.8 Å². The third-order valence-corrected chi connectivity index (χ3v) is 5.16. The van der Waals surface area contributed by atoms with Crippen LogP contribution in [0.2, 0.25) is 0 Å². The van der Waals surface area contributed by atoms with E-state index in [4.69, 9.17) is 4.98 Å². The SMILES string of the molecule is Cc1ccn2c(Nc3ccccc3C)c(-c3ccc(C)s3)nc2c1. The molecule has 1 aromatic carbocycles. The van der Waals surface area contributed by atoms with Crippen LogP contribution in [0.15, 0.2) is 54.7 Å². The number of fused-ring (bicyclic) bond motifs is 1. The molecule has 0 aliphatic carbocycles. The summed E-state index contributed by atoms with van der Waals surface area (Å²) in [5, 5.41) is 3.60. The number of hydrogen-bond donors (Lipinski definition) is 1. The lowest BCUT2D eigenvalue weighted by molar-refractivity contribution is 1.17. The fourth-order valence-corrected chi connectivity index (χ4v) is 3.70. The van der Waals surface area contributed by atoms with Crippen molar-refractivity contribution in [2.24, 2.45) is 0 Å². The van der Waals surface area contributed by atoms with Crippen molar-refractivity contribution in [2.45, 2.75) is 20.8 Å². The fourth-order valence-electron chi connectivity index (χ4n) is 2.84. The Morgan fingerprint density at radius 3 is 2.58 bits per heavy atom. The van der Waals surface area contributed by atoms with Gasteiger partial charge in [0.15, 0.2) is 0 Å². The first-order valence-corrected chi connectivity index (χ1v) is 8.81. The second kappa shape index (κ2) is 5.80. The van der Waals surface area contributed by atoms with Crippen molar-refractivity contribution in [3.63, 3.8) is 0 Å². The van der Waals surface area contributed by atoms with E-state index in [1.165, 1.54) is 20.9 Å². The topological polar surface area (TPSA) is 29.3 Å². The summed E-state index contributed by atoms with van der Waals surface area (Å²) in [7, 11) is 0. The van der Waals surface area contributed by atoms with Gasteiger partial charge in [-0.05, 0) is 62.2 Å². The molecule has 0 radical (unpaired) electrons. The van der Waals surface area contributed by atoms with Crippen LogP contribution in [0.3, 0.4) is 0 Å². The Bertz CT molecular complexity index is 1030. The van der Waals surface area contributed by atoms with E-state index < -0.39 is 0 Å². The average molecular weight is 333 g/mol. The highest BCUT2D eigenvalue weighted by molar-refractivity contribution is 7.15. The highest BCUT2D eigenvalue weighted by atomic mass is 32.1. The minimum absolute atomic E-state index is 0.965. The molecular formula is C20H19N3S. The number of imidazole rings is 1. The first-order valence-electron chi connectivity index (χ1n) is 8.00. The molecule has 0 saturated heterocycles. The molecule has 3 nitrogen and oxygen atoms in total. The Morgan fingerprint density at radius 1 is 1.00 bits per heavy atom. The Kier molecular flexibility index (Phi) is 3.62. The molecule has 0 unspecified atom stereocenters. The molecule has 0 bridgehead atoms. The summed E-state index contributed by atoms with van der Waals surface area (Å²) in [6.07, 6.45) is 2.09. The summed E-state index contributed by atoms with van der Waals surface area (Å²) >= 11 is 1.77. The van der Waals surface area contributed by atoms with Crippen LogP contribution in [0.25, 0.3) is 16.2 Å². The van der Waals surface area contributed by atoms with Gasteiger partial charge in [0.2, 0.25) is 0 Å². The number of aryl methyl sites for hydroxylation is 3. The largest absolute Gasteiger partial charge is 0.339 e. The van der Waals surface area contributed by atoms with Crippen molar-refractivity contribution >= 4 is 28.5 Å². The number of thiophene rings is 1. The first kappa shape index (κ1) is 15.0. The average Bonchev–Trinajstić information content (AvgIpc) is 3.13. The maximum absolute atomic E-state index is 4.89. The van der Waals surface area contributed by atoms with Crippen molar-refractivity contribution in [2.75, 3.05) is 5.32 Å². The third-order valence-electron chi connectivity index (χ3n) is 4.15. The van der Waals surface area contributed by atoms with Gasteiger partial charge < -0.3 is 5.32 Å². The lowest BCUT2D eigenvalue weighted by atomic mass is 10.2. The van der Waals surface area contributed by atoms with E-state index in [1.54, 1.807) is 11.3 Å². The second-order valence-corrected chi connectivity index (χ2v) is 7.38. The lowest BCUT2D eigenvalue weighted by Gasteiger charge is -2.10. The Hall–Kier alpha value is -2.59. The van der Waals surface area contributed by atoms with Crippen LogP contribution in [-0.4, -0.2) is 9.38 Å². The monoisotopic (exact) mass is 333 g/mol. The van der Waals surface area contributed by atoms with Crippen LogP contribution < -0.4 is 5.32 Å². The number of rotatable bonds is 3. The normalized spacial score (nSPS) is 11.1. The van der Waals surface area contributed by atoms with E-state index in [0.717, 1.165) is 22.8 Å². The van der Waals surface area contributed by atoms with Gasteiger partial charge in [-0.3, -0.25) is 4.40 Å². The Balaban J connectivity index is 1.92. The minimum atomic E-state index is 0.965. The number of nitrogens with one attached hydrogen (secondary N) is 1. The molecule has 3 heterocycles. The number of aromatic nitrogens is 2. The standard InChI is InChI=1S/C20H19N3S/c1-13-10-11-23-18(12-13)22-19(17-9-8-15(3)24-17)20(23)21-16-7-5-4-6-14(16)2/h4-12,21H,1-3H3. The third kappa shape index (κ3) is 2.59. The number of para-hydroxylation sites is 1. The van der Waals surface area contributed by atoms with E-state index in [9.17, 15) is 0 Å². The summed E-state index contributed by atoms with van der Waals surface area (Å²) < 4.78 is 2.13. The van der Waals surface area contributed by atoms with Gasteiger partial charge in [0.1, 0.15) is 17.2 Å². The van der Waals surface area contributed by atoms with Crippen LogP contribution in [0, 0.1) is 20.8 Å². The molecular weight excluding hydrogens is 314 g/mol. The number of nitrogens with zero attached hydrogens (tertiary/aromatic N) is 2. The van der Waals surface area contributed by atoms with E-state index >= 15 is 0 Å². The van der Waals surface area contributed by atoms with Crippen LogP contribution in [0.1, 0.15) is 16.0 Å². The number of hydrogen-bond acceptors (Lipinski definition) is 3. The maximum atomic E-state index is 4.89. The van der Waals surface area contributed by atoms with E-state index in [0.29, 0.717) is 0 Å². The van der Waals surface area contributed by atoms with Gasteiger partial charge in [0.05, 0.1) is 4.88 Å². The molecule has 0 spiro atoms. The van der Waals surface area contributed by atoms with Crippen molar-refractivity contribution in [1.82, 2.24) is 9.38 Å². The number of benzene rings is 1. The van der Waals surface area contributed by atoms with Crippen LogP contribution in [0.4, 0.5) is 11.5 Å². The minimum Gasteiger partial charge on any atom is -0.339 e. The van der Waals surface area contributed by atoms with Gasteiger partial charge in [0.25, 0.3) is 0 Å². The predicted octanol–water partition coefficient (Wildman–Crippen LogP) is 5.73. The molecule has 4 heteroatoms. The van der Waals surface area contributed by atoms with Crippen molar-refractivity contribution in [1.29, 1.82) is 0 Å². The van der Waals surface area contributed by atoms with Crippen molar-refractivity contribution < 1.29 is 0 Å². The summed E-state index contributed by atoms with van der Waals surface area (Å²) in [6, 6.07) is 16.9. The van der Waals surface area contributed by atoms with Crippen LogP contribution >= 0.6 is 11.3 Å². The van der Waals surface area contributed by atoms with Gasteiger partial charge >= 0.3 is 0 Å². The van der Waals surface area contributed by atoms with Crippen LogP contribution in [-0.2, 0) is 0 Å². The van der Waals surface area contributed by atoms with Gasteiger partial charge in [-0.2, -0.15) is 0 Å². The molecule has 0 aliphatic heterocycles. The summed E-state index contributed by atoms with van der Waals surface area (Å²) in [5.74, 6) is 1.01. The van der Waals surface area contributed by atoms with Gasteiger partial charge in [-0.1, -0.05) is 18.2 Å². The van der Waals surface area contributed by atoms with Gasteiger partial charge in [-0.15, -0.1) is 11.3 Å². The molecule has 4 aromatic rings. The smallest absolute Gasteiger partial charge is 0.144 e. The van der Waals surface area contributed by atoms with E-state index in [1.807, 2.05) is 0 Å². The zero-order valence-corrected chi connectivity index (χ0v) is 14.8. The van der Waals surface area contributed by atoms with Crippen LogP contribution in [0.5, 0.6) is 0 Å². The van der Waals surface area contributed by atoms with E-state index in [-0.39, 0.29) is 0 Å². The highest BCUT2D eigenvalue weighted by Gasteiger charge is 2.16. The molecule has 120 valence electrons. The second-order valence-electron chi connectivity index (χ2n) is 6.09. The highest BCUT2D eigenvalue weighted by Crippen LogP contribution is 2.35. The molecule has 1 N–H and O–H groups in total. The van der Waals surface area contributed by atoms with Gasteiger partial charge in [-0.25, -0.2) is 4.98 Å². The predicted molar refractivity (Wildman–Crippen MR) is 102 cm³/mol. The maximum Gasteiger partial charge on any atom is 0.144 e. The van der Waals surface area contributed by atoms with E-state index in [2.05, 4.69) is 85.2 Å². The molecule has 0 aliphatic rings. The lowest BCUT2D eigenvalue weighted by Crippen LogP contribution is -1.98. The molecule has 4 rings (SSSR count). The summed E-state index contributed by atoms with van der Waals surface area (Å²) in [5.41, 5.74) is 5.50. The number of pyridine rings is 1. The van der Waals surface area contributed by atoms with Crippen molar-refractivity contribution in [3.05, 3.63) is 70.7 Å².